The van der Waals surface area contributed by atoms with E-state index in [1.165, 1.54) is 19.2 Å². The number of methoxy groups -OCH3 is 1. The molecule has 0 unspecified atom stereocenters. The number of hydrogen-bond acceptors (Lipinski definition) is 5. The van der Waals surface area contributed by atoms with E-state index in [2.05, 4.69) is 4.98 Å². The molecule has 0 aliphatic carbocycles. The van der Waals surface area contributed by atoms with Crippen molar-refractivity contribution in [2.75, 3.05) is 7.11 Å². The SMILES string of the molecule is COc1ccccc1[N+]#N.Cc1ccc(S(=O)(=O)[O-])cc1. The van der Waals surface area contributed by atoms with Crippen LogP contribution >= 0.6 is 0 Å². The van der Waals surface area contributed by atoms with Gasteiger partial charge in [-0.25, -0.2) is 8.42 Å². The number of rotatable bonds is 2. The minimum Gasteiger partial charge on any atom is -0.744 e. The summed E-state index contributed by atoms with van der Waals surface area (Å²) in [5.41, 5.74) is 1.38. The Labute approximate surface area is 123 Å². The van der Waals surface area contributed by atoms with Crippen LogP contribution in [0.3, 0.4) is 0 Å². The van der Waals surface area contributed by atoms with Crippen LogP contribution in [-0.4, -0.2) is 20.1 Å². The van der Waals surface area contributed by atoms with Crippen LogP contribution in [-0.2, 0) is 10.1 Å². The summed E-state index contributed by atoms with van der Waals surface area (Å²) in [6, 6.07) is 12.8. The molecule has 0 amide bonds. The van der Waals surface area contributed by atoms with Crippen molar-refractivity contribution in [1.82, 2.24) is 0 Å². The Hall–Kier alpha value is -2.43. The van der Waals surface area contributed by atoms with Crippen molar-refractivity contribution in [2.24, 2.45) is 0 Å². The molecule has 6 nitrogen and oxygen atoms in total. The van der Waals surface area contributed by atoms with Gasteiger partial charge in [0.25, 0.3) is 0 Å². The van der Waals surface area contributed by atoms with Crippen molar-refractivity contribution in [3.8, 4) is 5.75 Å². The van der Waals surface area contributed by atoms with E-state index in [4.69, 9.17) is 10.1 Å². The average Bonchev–Trinajstić information content (AvgIpc) is 2.47. The summed E-state index contributed by atoms with van der Waals surface area (Å²) in [4.78, 5) is 2.84. The van der Waals surface area contributed by atoms with E-state index < -0.39 is 10.1 Å². The standard InChI is InChI=1S/C7H7N2O.C7H8O3S/c1-10-7-5-3-2-4-6(7)9-8;1-6-2-4-7(5-3-6)11(8,9)10/h2-5H,1H3;2-5H,1H3,(H,8,9,10)/q+1;/p-1. The Morgan fingerprint density at radius 2 is 1.67 bits per heavy atom. The molecule has 2 rings (SSSR count). The number of nitrogens with zero attached hydrogens (tertiary/aromatic N) is 2. The minimum absolute atomic E-state index is 0.178. The van der Waals surface area contributed by atoms with Crippen molar-refractivity contribution < 1.29 is 17.7 Å². The van der Waals surface area contributed by atoms with Crippen LogP contribution < -0.4 is 4.74 Å². The second-order valence-electron chi connectivity index (χ2n) is 4.04. The van der Waals surface area contributed by atoms with Crippen molar-refractivity contribution in [1.29, 1.82) is 5.39 Å². The summed E-state index contributed by atoms with van der Waals surface area (Å²) < 4.78 is 36.0. The number of aryl methyl sites for hydroxylation is 1. The van der Waals surface area contributed by atoms with Crippen LogP contribution in [0.2, 0.25) is 0 Å². The molecule has 0 spiro atoms. The Morgan fingerprint density at radius 3 is 2.10 bits per heavy atom. The Balaban J connectivity index is 0.000000211. The summed E-state index contributed by atoms with van der Waals surface area (Å²) >= 11 is 0. The summed E-state index contributed by atoms with van der Waals surface area (Å²) in [6.07, 6.45) is 0. The lowest BCUT2D eigenvalue weighted by atomic mass is 10.2. The smallest absolute Gasteiger partial charge is 0.426 e. The van der Waals surface area contributed by atoms with E-state index in [0.29, 0.717) is 11.4 Å². The lowest BCUT2D eigenvalue weighted by Crippen LogP contribution is -1.97. The highest BCUT2D eigenvalue weighted by molar-refractivity contribution is 7.85. The third-order valence-corrected chi connectivity index (χ3v) is 3.35. The third-order valence-electron chi connectivity index (χ3n) is 2.50. The number of benzene rings is 2. The Bertz CT molecular complexity index is 734. The average molecular weight is 306 g/mol. The summed E-state index contributed by atoms with van der Waals surface area (Å²) in [6.45, 7) is 1.82. The lowest BCUT2D eigenvalue weighted by molar-refractivity contribution is 0.417. The molecule has 21 heavy (non-hydrogen) atoms. The molecule has 0 aliphatic rings. The van der Waals surface area contributed by atoms with E-state index in [1.54, 1.807) is 30.3 Å². The fourth-order valence-corrected chi connectivity index (χ4v) is 1.89. The molecule has 0 N–H and O–H groups in total. The van der Waals surface area contributed by atoms with Crippen LogP contribution in [0.4, 0.5) is 5.69 Å². The highest BCUT2D eigenvalue weighted by Gasteiger charge is 2.10. The first kappa shape index (κ1) is 16.6. The Kier molecular flexibility index (Phi) is 5.84. The quantitative estimate of drug-likeness (QED) is 0.627. The van der Waals surface area contributed by atoms with Gasteiger partial charge in [0.05, 0.1) is 12.0 Å². The summed E-state index contributed by atoms with van der Waals surface area (Å²) in [7, 11) is -2.74. The molecule has 0 fully saturated rings. The van der Waals surface area contributed by atoms with Gasteiger partial charge in [-0.05, 0) is 25.1 Å². The molecule has 0 aliphatic heterocycles. The van der Waals surface area contributed by atoms with Gasteiger partial charge in [-0.15, -0.1) is 0 Å². The van der Waals surface area contributed by atoms with E-state index in [0.717, 1.165) is 5.56 Å². The monoisotopic (exact) mass is 306 g/mol. The van der Waals surface area contributed by atoms with Crippen molar-refractivity contribution >= 4 is 15.8 Å². The maximum atomic E-state index is 10.4. The highest BCUT2D eigenvalue weighted by atomic mass is 32.2. The highest BCUT2D eigenvalue weighted by Crippen LogP contribution is 2.25. The maximum absolute atomic E-state index is 10.4. The molecular formula is C14H14N2O4S. The normalized spacial score (nSPS) is 10.0. The largest absolute Gasteiger partial charge is 0.744 e. The van der Waals surface area contributed by atoms with Gasteiger partial charge in [-0.3, -0.25) is 0 Å². The fourth-order valence-electron chi connectivity index (χ4n) is 1.42. The zero-order valence-electron chi connectivity index (χ0n) is 11.6. The van der Waals surface area contributed by atoms with Gasteiger partial charge in [-0.1, -0.05) is 29.8 Å². The molecule has 0 radical (unpaired) electrons. The van der Waals surface area contributed by atoms with Crippen LogP contribution in [0, 0.1) is 12.3 Å². The Morgan fingerprint density at radius 1 is 1.10 bits per heavy atom. The number of para-hydroxylation sites is 1. The lowest BCUT2D eigenvalue weighted by Gasteiger charge is -2.05. The van der Waals surface area contributed by atoms with Crippen molar-refractivity contribution in [3.05, 3.63) is 59.1 Å². The molecule has 0 saturated carbocycles. The number of ether oxygens (including phenoxy) is 1. The maximum Gasteiger partial charge on any atom is 0.426 e. The molecule has 110 valence electrons. The van der Waals surface area contributed by atoms with Crippen LogP contribution in [0.15, 0.2) is 53.4 Å². The number of diazo groups is 1. The molecule has 2 aromatic carbocycles. The second kappa shape index (κ2) is 7.38. The van der Waals surface area contributed by atoms with E-state index in [1.807, 2.05) is 13.0 Å². The van der Waals surface area contributed by atoms with E-state index >= 15 is 0 Å². The topological polar surface area (TPSA) is 94.6 Å². The van der Waals surface area contributed by atoms with Gasteiger partial charge >= 0.3 is 5.69 Å². The predicted molar refractivity (Wildman–Crippen MR) is 76.9 cm³/mol. The molecule has 0 heterocycles. The molecular weight excluding hydrogens is 292 g/mol. The molecule has 0 saturated heterocycles. The van der Waals surface area contributed by atoms with Crippen molar-refractivity contribution in [2.45, 2.75) is 11.8 Å². The zero-order valence-corrected chi connectivity index (χ0v) is 12.4. The van der Waals surface area contributed by atoms with Gasteiger partial charge in [0.15, 0.2) is 4.98 Å². The second-order valence-corrected chi connectivity index (χ2v) is 5.42. The summed E-state index contributed by atoms with van der Waals surface area (Å²) in [5.74, 6) is 0.574. The first-order chi connectivity index (χ1) is 9.88. The molecule has 2 aromatic rings. The molecule has 0 atom stereocenters. The van der Waals surface area contributed by atoms with Crippen LogP contribution in [0.1, 0.15) is 5.56 Å². The van der Waals surface area contributed by atoms with Crippen molar-refractivity contribution in [3.63, 3.8) is 0 Å². The first-order valence-electron chi connectivity index (χ1n) is 5.89. The molecule has 0 bridgehead atoms. The summed E-state index contributed by atoms with van der Waals surface area (Å²) in [5, 5.41) is 8.39. The minimum atomic E-state index is -4.27. The fraction of sp³-hybridized carbons (Fsp3) is 0.143. The molecule has 7 heteroatoms. The third kappa shape index (κ3) is 5.22. The molecule has 0 aromatic heterocycles. The van der Waals surface area contributed by atoms with Gasteiger partial charge in [0.2, 0.25) is 11.1 Å². The van der Waals surface area contributed by atoms with Crippen LogP contribution in [0.5, 0.6) is 5.75 Å². The van der Waals surface area contributed by atoms with Gasteiger partial charge in [-0.2, -0.15) is 0 Å². The van der Waals surface area contributed by atoms with Crippen LogP contribution in [0.25, 0.3) is 4.98 Å². The van der Waals surface area contributed by atoms with E-state index in [-0.39, 0.29) is 4.90 Å². The van der Waals surface area contributed by atoms with Gasteiger partial charge in [0, 0.05) is 6.07 Å². The predicted octanol–water partition coefficient (Wildman–Crippen LogP) is 3.08. The van der Waals surface area contributed by atoms with Gasteiger partial charge < -0.3 is 9.29 Å². The first-order valence-corrected chi connectivity index (χ1v) is 7.30. The number of hydrogen-bond donors (Lipinski definition) is 0. The van der Waals surface area contributed by atoms with E-state index in [9.17, 15) is 13.0 Å². The van der Waals surface area contributed by atoms with Gasteiger partial charge in [0.1, 0.15) is 10.1 Å². The zero-order chi connectivity index (χ0) is 15.9.